The van der Waals surface area contributed by atoms with Crippen molar-refractivity contribution in [3.8, 4) is 28.6 Å². The van der Waals surface area contributed by atoms with Crippen LogP contribution in [0.2, 0.25) is 0 Å². The van der Waals surface area contributed by atoms with Gasteiger partial charge in [0.1, 0.15) is 24.8 Å². The van der Waals surface area contributed by atoms with Gasteiger partial charge in [-0.15, -0.1) is 0 Å². The molecule has 6 nitrogen and oxygen atoms in total. The Morgan fingerprint density at radius 3 is 2.58 bits per heavy atom. The number of rotatable bonds is 3. The van der Waals surface area contributed by atoms with Crippen LogP contribution in [0.4, 0.5) is 5.69 Å². The van der Waals surface area contributed by atoms with E-state index in [-0.39, 0.29) is 6.10 Å². The molecular formula is C18H19N3O3. The molecule has 3 N–H and O–H groups in total. The van der Waals surface area contributed by atoms with E-state index >= 15 is 0 Å². The fraction of sp³-hybridized carbons (Fsp3) is 0.278. The maximum absolute atomic E-state index is 6.09. The van der Waals surface area contributed by atoms with Gasteiger partial charge < -0.3 is 24.9 Å². The van der Waals surface area contributed by atoms with Crippen LogP contribution in [0.3, 0.4) is 0 Å². The average molecular weight is 325 g/mol. The number of ether oxygens (including phenoxy) is 3. The maximum atomic E-state index is 6.09. The first-order valence-electron chi connectivity index (χ1n) is 7.96. The van der Waals surface area contributed by atoms with Crippen molar-refractivity contribution in [2.24, 2.45) is 0 Å². The molecule has 124 valence electrons. The summed E-state index contributed by atoms with van der Waals surface area (Å²) in [6.45, 7) is 5.06. The second-order valence-electron chi connectivity index (χ2n) is 6.02. The molecule has 0 radical (unpaired) electrons. The number of H-pyrrole nitrogens is 1. The Morgan fingerprint density at radius 2 is 1.88 bits per heavy atom. The van der Waals surface area contributed by atoms with Gasteiger partial charge in [0.2, 0.25) is 0 Å². The monoisotopic (exact) mass is 325 g/mol. The summed E-state index contributed by atoms with van der Waals surface area (Å²) in [6, 6.07) is 9.49. The highest BCUT2D eigenvalue weighted by atomic mass is 16.6. The predicted octanol–water partition coefficient (Wildman–Crippen LogP) is 3.37. The molecule has 0 saturated heterocycles. The van der Waals surface area contributed by atoms with Crippen molar-refractivity contribution in [1.29, 1.82) is 0 Å². The molecule has 1 aliphatic rings. The number of fused-ring (bicyclic) bond motifs is 2. The Morgan fingerprint density at radius 1 is 1.12 bits per heavy atom. The fourth-order valence-corrected chi connectivity index (χ4v) is 2.74. The van der Waals surface area contributed by atoms with Gasteiger partial charge in [0.15, 0.2) is 11.5 Å². The predicted molar refractivity (Wildman–Crippen MR) is 92.7 cm³/mol. The van der Waals surface area contributed by atoms with Crippen molar-refractivity contribution >= 4 is 16.7 Å². The molecule has 4 rings (SSSR count). The van der Waals surface area contributed by atoms with Gasteiger partial charge >= 0.3 is 0 Å². The van der Waals surface area contributed by atoms with Crippen molar-refractivity contribution < 1.29 is 14.2 Å². The number of hydrogen-bond donors (Lipinski definition) is 2. The van der Waals surface area contributed by atoms with Crippen LogP contribution in [-0.2, 0) is 0 Å². The van der Waals surface area contributed by atoms with E-state index in [2.05, 4.69) is 9.97 Å². The normalized spacial score (nSPS) is 13.5. The summed E-state index contributed by atoms with van der Waals surface area (Å²) in [6.07, 6.45) is 0.0793. The second kappa shape index (κ2) is 5.63. The lowest BCUT2D eigenvalue weighted by molar-refractivity contribution is 0.172. The van der Waals surface area contributed by atoms with Crippen LogP contribution in [0, 0.1) is 0 Å². The topological polar surface area (TPSA) is 82.4 Å². The number of imidazole rings is 1. The Balaban J connectivity index is 1.72. The summed E-state index contributed by atoms with van der Waals surface area (Å²) in [7, 11) is 0. The standard InChI is InChI=1S/C18H19N3O3/c1-10(2)24-15-4-3-11(7-12(15)19)18-20-13-8-16-17(9-14(13)21-18)23-6-5-22-16/h3-4,7-10H,5-6,19H2,1-2H3,(H,20,21). The molecule has 1 aliphatic heterocycles. The summed E-state index contributed by atoms with van der Waals surface area (Å²) in [4.78, 5) is 7.94. The second-order valence-corrected chi connectivity index (χ2v) is 6.02. The number of aromatic amines is 1. The highest BCUT2D eigenvalue weighted by Crippen LogP contribution is 2.35. The van der Waals surface area contributed by atoms with Gasteiger partial charge in [-0.3, -0.25) is 0 Å². The molecule has 3 aromatic rings. The zero-order valence-corrected chi connectivity index (χ0v) is 13.6. The van der Waals surface area contributed by atoms with E-state index in [4.69, 9.17) is 19.9 Å². The van der Waals surface area contributed by atoms with Gasteiger partial charge in [-0.25, -0.2) is 4.98 Å². The van der Waals surface area contributed by atoms with Gasteiger partial charge in [0, 0.05) is 17.7 Å². The summed E-state index contributed by atoms with van der Waals surface area (Å²) >= 11 is 0. The number of nitrogens with two attached hydrogens (primary N) is 1. The van der Waals surface area contributed by atoms with Crippen molar-refractivity contribution in [3.05, 3.63) is 30.3 Å². The van der Waals surface area contributed by atoms with Gasteiger partial charge in [0.05, 0.1) is 22.8 Å². The number of nitrogen functional groups attached to an aromatic ring is 1. The lowest BCUT2D eigenvalue weighted by Gasteiger charge is -2.17. The first-order chi connectivity index (χ1) is 11.6. The van der Waals surface area contributed by atoms with Crippen LogP contribution in [0.25, 0.3) is 22.4 Å². The summed E-state index contributed by atoms with van der Waals surface area (Å²) in [5.41, 5.74) is 9.31. The Kier molecular flexibility index (Phi) is 3.45. The first-order valence-corrected chi connectivity index (χ1v) is 7.96. The average Bonchev–Trinajstić information content (AvgIpc) is 2.97. The molecule has 0 aliphatic carbocycles. The van der Waals surface area contributed by atoms with Crippen molar-refractivity contribution in [2.45, 2.75) is 20.0 Å². The highest BCUT2D eigenvalue weighted by molar-refractivity contribution is 5.83. The van der Waals surface area contributed by atoms with Crippen molar-refractivity contribution in [1.82, 2.24) is 9.97 Å². The van der Waals surface area contributed by atoms with Crippen molar-refractivity contribution in [3.63, 3.8) is 0 Å². The highest BCUT2D eigenvalue weighted by Gasteiger charge is 2.16. The largest absolute Gasteiger partial charge is 0.489 e. The Bertz CT molecular complexity index is 859. The summed E-state index contributed by atoms with van der Waals surface area (Å²) in [5.74, 6) is 2.90. The van der Waals surface area contributed by atoms with E-state index < -0.39 is 0 Å². The van der Waals surface area contributed by atoms with E-state index in [1.807, 2.05) is 44.2 Å². The molecule has 0 spiro atoms. The van der Waals surface area contributed by atoms with Gasteiger partial charge in [0.25, 0.3) is 0 Å². The van der Waals surface area contributed by atoms with Crippen LogP contribution in [0.1, 0.15) is 13.8 Å². The molecule has 0 saturated carbocycles. The van der Waals surface area contributed by atoms with Crippen molar-refractivity contribution in [2.75, 3.05) is 18.9 Å². The molecule has 2 heterocycles. The van der Waals surface area contributed by atoms with Crippen LogP contribution < -0.4 is 19.9 Å². The molecule has 24 heavy (non-hydrogen) atoms. The van der Waals surface area contributed by atoms with E-state index in [0.29, 0.717) is 24.7 Å². The molecule has 0 atom stereocenters. The smallest absolute Gasteiger partial charge is 0.163 e. The number of anilines is 1. The number of nitrogens with one attached hydrogen (secondary N) is 1. The molecule has 0 amide bonds. The third kappa shape index (κ3) is 2.60. The number of hydrogen-bond acceptors (Lipinski definition) is 5. The number of nitrogens with zero attached hydrogens (tertiary/aromatic N) is 1. The Hall–Kier alpha value is -2.89. The lowest BCUT2D eigenvalue weighted by Crippen LogP contribution is -2.15. The van der Waals surface area contributed by atoms with E-state index in [0.717, 1.165) is 33.9 Å². The van der Waals surface area contributed by atoms with E-state index in [9.17, 15) is 0 Å². The summed E-state index contributed by atoms with van der Waals surface area (Å²) < 4.78 is 16.9. The SMILES string of the molecule is CC(C)Oc1ccc(-c2nc3cc4c(cc3[nH]2)OCCO4)cc1N. The third-order valence-electron chi connectivity index (χ3n) is 3.79. The molecule has 0 bridgehead atoms. The first kappa shape index (κ1) is 14.7. The lowest BCUT2D eigenvalue weighted by atomic mass is 10.2. The number of aromatic nitrogens is 2. The fourth-order valence-electron chi connectivity index (χ4n) is 2.74. The molecule has 1 aromatic heterocycles. The van der Waals surface area contributed by atoms with E-state index in [1.165, 1.54) is 0 Å². The minimum absolute atomic E-state index is 0.0793. The molecule has 0 fully saturated rings. The minimum Gasteiger partial charge on any atom is -0.489 e. The van der Waals surface area contributed by atoms with Crippen LogP contribution in [0.5, 0.6) is 17.2 Å². The van der Waals surface area contributed by atoms with E-state index in [1.54, 1.807) is 0 Å². The Labute approximate surface area is 139 Å². The molecule has 0 unspecified atom stereocenters. The van der Waals surface area contributed by atoms with Gasteiger partial charge in [-0.05, 0) is 32.0 Å². The number of benzene rings is 2. The maximum Gasteiger partial charge on any atom is 0.163 e. The summed E-state index contributed by atoms with van der Waals surface area (Å²) in [5, 5.41) is 0. The zero-order chi connectivity index (χ0) is 16.7. The van der Waals surface area contributed by atoms with Gasteiger partial charge in [-0.2, -0.15) is 0 Å². The quantitative estimate of drug-likeness (QED) is 0.722. The third-order valence-corrected chi connectivity index (χ3v) is 3.79. The molecule has 2 aromatic carbocycles. The minimum atomic E-state index is 0.0793. The van der Waals surface area contributed by atoms with Crippen LogP contribution in [0.15, 0.2) is 30.3 Å². The van der Waals surface area contributed by atoms with Crippen LogP contribution in [-0.4, -0.2) is 29.3 Å². The molecular weight excluding hydrogens is 306 g/mol. The van der Waals surface area contributed by atoms with Gasteiger partial charge in [-0.1, -0.05) is 0 Å². The molecule has 6 heteroatoms. The van der Waals surface area contributed by atoms with Crippen LogP contribution >= 0.6 is 0 Å². The zero-order valence-electron chi connectivity index (χ0n) is 13.6.